The lowest BCUT2D eigenvalue weighted by Gasteiger charge is -2.07. The average Bonchev–Trinajstić information content (AvgIpc) is 2.48. The Balaban J connectivity index is 2.63. The number of allylic oxidation sites excluding steroid dienone is 2. The lowest BCUT2D eigenvalue weighted by Crippen LogP contribution is -2.07. The molecule has 1 aromatic carbocycles. The molecule has 0 saturated heterocycles. The molecule has 1 heterocycles. The van der Waals surface area contributed by atoms with Crippen LogP contribution < -0.4 is 10.9 Å². The summed E-state index contributed by atoms with van der Waals surface area (Å²) >= 11 is 0. The number of pyridine rings is 1. The van der Waals surface area contributed by atoms with E-state index in [9.17, 15) is 4.79 Å². The van der Waals surface area contributed by atoms with Gasteiger partial charge in [0.25, 0.3) is 5.56 Å². The van der Waals surface area contributed by atoms with Gasteiger partial charge in [0.05, 0.1) is 0 Å². The third-order valence-electron chi connectivity index (χ3n) is 2.66. The van der Waals surface area contributed by atoms with Gasteiger partial charge in [0, 0.05) is 22.7 Å². The van der Waals surface area contributed by atoms with Crippen LogP contribution in [0.5, 0.6) is 0 Å². The van der Waals surface area contributed by atoms with Crippen molar-refractivity contribution in [1.29, 1.82) is 15.8 Å². The predicted octanol–water partition coefficient (Wildman–Crippen LogP) is 1.76. The number of benzene rings is 1. The van der Waals surface area contributed by atoms with Crippen molar-refractivity contribution < 1.29 is 0 Å². The van der Waals surface area contributed by atoms with Gasteiger partial charge >= 0.3 is 0 Å². The normalized spacial score (nSPS) is 9.05. The van der Waals surface area contributed by atoms with E-state index in [2.05, 4.69) is 10.3 Å². The van der Waals surface area contributed by atoms with Gasteiger partial charge in [0.2, 0.25) is 0 Å². The predicted molar refractivity (Wildman–Crippen MR) is 72.1 cm³/mol. The van der Waals surface area contributed by atoms with Gasteiger partial charge in [-0.3, -0.25) is 4.79 Å². The number of nitriles is 3. The molecule has 0 aliphatic carbocycles. The minimum Gasteiger partial charge on any atom is -0.345 e. The van der Waals surface area contributed by atoms with Crippen molar-refractivity contribution >= 4 is 16.5 Å². The zero-order chi connectivity index (χ0) is 14.5. The van der Waals surface area contributed by atoms with Crippen molar-refractivity contribution in [1.82, 2.24) is 4.98 Å². The molecule has 0 aliphatic heterocycles. The molecule has 2 rings (SSSR count). The Labute approximate surface area is 113 Å². The van der Waals surface area contributed by atoms with Crippen LogP contribution in [0.15, 0.2) is 46.5 Å². The van der Waals surface area contributed by atoms with Crippen LogP contribution in [0, 0.1) is 34.0 Å². The smallest absolute Gasteiger partial charge is 0.255 e. The van der Waals surface area contributed by atoms with E-state index in [-0.39, 0.29) is 16.8 Å². The third-order valence-corrected chi connectivity index (χ3v) is 2.66. The van der Waals surface area contributed by atoms with Gasteiger partial charge in [-0.1, -0.05) is 6.07 Å². The number of aromatic amines is 1. The van der Waals surface area contributed by atoms with Crippen LogP contribution in [-0.2, 0) is 0 Å². The standard InChI is InChI=1S/C14H7N5O/c15-6-9(7-16)13(8-17)19-12-3-1-2-11-10(12)4-5-18-14(11)20/h1-5,19H,(H,18,20). The number of H-pyrrole nitrogens is 1. The second-order valence-electron chi connectivity index (χ2n) is 3.78. The maximum Gasteiger partial charge on any atom is 0.255 e. The first-order chi connectivity index (χ1) is 9.71. The molecule has 20 heavy (non-hydrogen) atoms. The van der Waals surface area contributed by atoms with Crippen LogP contribution in [-0.4, -0.2) is 4.98 Å². The summed E-state index contributed by atoms with van der Waals surface area (Å²) < 4.78 is 0. The number of anilines is 1. The van der Waals surface area contributed by atoms with Gasteiger partial charge in [-0.25, -0.2) is 0 Å². The highest BCUT2D eigenvalue weighted by Crippen LogP contribution is 2.22. The summed E-state index contributed by atoms with van der Waals surface area (Å²) in [6.45, 7) is 0. The van der Waals surface area contributed by atoms with Gasteiger partial charge in [-0.15, -0.1) is 0 Å². The van der Waals surface area contributed by atoms with Crippen LogP contribution in [0.25, 0.3) is 10.8 Å². The molecule has 94 valence electrons. The number of hydrogen-bond donors (Lipinski definition) is 2. The number of nitrogens with zero attached hydrogens (tertiary/aromatic N) is 3. The van der Waals surface area contributed by atoms with Gasteiger partial charge in [-0.2, -0.15) is 15.8 Å². The molecule has 0 bridgehead atoms. The fourth-order valence-electron chi connectivity index (χ4n) is 1.75. The maximum atomic E-state index is 11.7. The van der Waals surface area contributed by atoms with Crippen molar-refractivity contribution in [3.63, 3.8) is 0 Å². The van der Waals surface area contributed by atoms with Crippen LogP contribution in [0.1, 0.15) is 0 Å². The fourth-order valence-corrected chi connectivity index (χ4v) is 1.75. The van der Waals surface area contributed by atoms with Crippen LogP contribution in [0.2, 0.25) is 0 Å². The molecule has 6 nitrogen and oxygen atoms in total. The average molecular weight is 261 g/mol. The Morgan fingerprint density at radius 3 is 2.45 bits per heavy atom. The van der Waals surface area contributed by atoms with E-state index >= 15 is 0 Å². The number of rotatable bonds is 2. The van der Waals surface area contributed by atoms with E-state index < -0.39 is 0 Å². The molecule has 0 unspecified atom stereocenters. The number of nitrogens with one attached hydrogen (secondary N) is 2. The van der Waals surface area contributed by atoms with Crippen LogP contribution >= 0.6 is 0 Å². The first-order valence-electron chi connectivity index (χ1n) is 5.53. The summed E-state index contributed by atoms with van der Waals surface area (Å²) in [6.07, 6.45) is 1.49. The minimum atomic E-state index is -0.311. The van der Waals surface area contributed by atoms with Crippen molar-refractivity contribution in [3.05, 3.63) is 52.1 Å². The second-order valence-corrected chi connectivity index (χ2v) is 3.78. The number of aromatic nitrogens is 1. The van der Waals surface area contributed by atoms with E-state index in [4.69, 9.17) is 15.8 Å². The first kappa shape index (κ1) is 12.9. The zero-order valence-corrected chi connectivity index (χ0v) is 10.1. The highest BCUT2D eigenvalue weighted by Gasteiger charge is 2.09. The Morgan fingerprint density at radius 2 is 1.80 bits per heavy atom. The summed E-state index contributed by atoms with van der Waals surface area (Å²) in [5.41, 5.74) is -0.236. The molecule has 0 aliphatic rings. The molecule has 0 fully saturated rings. The lowest BCUT2D eigenvalue weighted by molar-refractivity contribution is 1.28. The lowest BCUT2D eigenvalue weighted by atomic mass is 10.1. The van der Waals surface area contributed by atoms with Crippen molar-refractivity contribution in [2.24, 2.45) is 0 Å². The molecule has 0 amide bonds. The topological polar surface area (TPSA) is 116 Å². The van der Waals surface area contributed by atoms with E-state index in [1.807, 2.05) is 0 Å². The second kappa shape index (κ2) is 5.39. The summed E-state index contributed by atoms with van der Waals surface area (Å²) in [5, 5.41) is 30.3. The monoisotopic (exact) mass is 261 g/mol. The minimum absolute atomic E-state index is 0.150. The molecule has 6 heteroatoms. The Morgan fingerprint density at radius 1 is 1.05 bits per heavy atom. The number of fused-ring (bicyclic) bond motifs is 1. The summed E-state index contributed by atoms with van der Waals surface area (Å²) in [7, 11) is 0. The SMILES string of the molecule is N#CC(C#N)=C(C#N)Nc1cccc2c(=O)[nH]ccc12. The Hall–Kier alpha value is -3.56. The molecular weight excluding hydrogens is 254 g/mol. The summed E-state index contributed by atoms with van der Waals surface area (Å²) in [4.78, 5) is 14.2. The van der Waals surface area contributed by atoms with E-state index in [1.54, 1.807) is 42.5 Å². The number of hydrogen-bond acceptors (Lipinski definition) is 5. The van der Waals surface area contributed by atoms with Gasteiger partial charge < -0.3 is 10.3 Å². The quantitative estimate of drug-likeness (QED) is 0.799. The van der Waals surface area contributed by atoms with Gasteiger partial charge in [-0.05, 0) is 18.2 Å². The van der Waals surface area contributed by atoms with E-state index in [0.29, 0.717) is 16.5 Å². The largest absolute Gasteiger partial charge is 0.345 e. The molecular formula is C14H7N5O. The zero-order valence-electron chi connectivity index (χ0n) is 10.1. The molecule has 0 radical (unpaired) electrons. The Bertz CT molecular complexity index is 871. The van der Waals surface area contributed by atoms with Crippen molar-refractivity contribution in [2.75, 3.05) is 5.32 Å². The first-order valence-corrected chi connectivity index (χ1v) is 5.53. The highest BCUT2D eigenvalue weighted by molar-refractivity contribution is 5.94. The van der Waals surface area contributed by atoms with Gasteiger partial charge in [0.15, 0.2) is 5.57 Å². The molecule has 0 saturated carbocycles. The molecule has 2 aromatic rings. The van der Waals surface area contributed by atoms with Crippen molar-refractivity contribution in [2.45, 2.75) is 0 Å². The molecule has 0 atom stereocenters. The summed E-state index contributed by atoms with van der Waals surface area (Å²) in [5.74, 6) is 0. The van der Waals surface area contributed by atoms with Crippen molar-refractivity contribution in [3.8, 4) is 18.2 Å². The third kappa shape index (κ3) is 2.20. The molecule has 1 aromatic heterocycles. The fraction of sp³-hybridized carbons (Fsp3) is 0. The van der Waals surface area contributed by atoms with E-state index in [1.165, 1.54) is 6.20 Å². The molecule has 2 N–H and O–H groups in total. The van der Waals surface area contributed by atoms with Gasteiger partial charge in [0.1, 0.15) is 23.9 Å². The van der Waals surface area contributed by atoms with E-state index in [0.717, 1.165) is 0 Å². The van der Waals surface area contributed by atoms with Crippen LogP contribution in [0.4, 0.5) is 5.69 Å². The maximum absolute atomic E-state index is 11.7. The van der Waals surface area contributed by atoms with Crippen LogP contribution in [0.3, 0.4) is 0 Å². The molecule has 0 spiro atoms. The summed E-state index contributed by atoms with van der Waals surface area (Å²) in [6, 6.07) is 11.7. The Kier molecular flexibility index (Phi) is 3.47. The highest BCUT2D eigenvalue weighted by atomic mass is 16.1.